The molecule has 0 aliphatic carbocycles. The Kier molecular flexibility index (Phi) is 6.57. The van der Waals surface area contributed by atoms with Crippen LogP contribution in [0.2, 0.25) is 10.0 Å². The average Bonchev–Trinajstić information content (AvgIpc) is 3.34. The first kappa shape index (κ1) is 24.1. The van der Waals surface area contributed by atoms with E-state index in [-0.39, 0.29) is 15.6 Å². The predicted molar refractivity (Wildman–Crippen MR) is 124 cm³/mol. The molecular formula is C22H14Cl2F3N3O3S. The molecule has 1 N–H and O–H groups in total. The number of ether oxygens (including phenoxy) is 1. The minimum absolute atomic E-state index is 0.0839. The fraction of sp³-hybridized carbons (Fsp3) is 0.136. The van der Waals surface area contributed by atoms with E-state index in [0.29, 0.717) is 21.6 Å². The van der Waals surface area contributed by atoms with E-state index in [2.05, 4.69) is 10.4 Å². The summed E-state index contributed by atoms with van der Waals surface area (Å²) >= 11 is 12.9. The van der Waals surface area contributed by atoms with Gasteiger partial charge in [-0.05, 0) is 55.5 Å². The molecule has 0 bridgehead atoms. The van der Waals surface area contributed by atoms with E-state index in [1.165, 1.54) is 0 Å². The van der Waals surface area contributed by atoms with Gasteiger partial charge in [0.2, 0.25) is 0 Å². The second kappa shape index (κ2) is 9.28. The highest BCUT2D eigenvalue weighted by molar-refractivity contribution is 7.20. The molecule has 0 fully saturated rings. The summed E-state index contributed by atoms with van der Waals surface area (Å²) in [6, 6.07) is 11.2. The van der Waals surface area contributed by atoms with Gasteiger partial charge in [-0.25, -0.2) is 9.48 Å². The first-order chi connectivity index (χ1) is 16.0. The molecular weight excluding hydrogens is 514 g/mol. The second-order valence-electron chi connectivity index (χ2n) is 7.12. The molecule has 4 aromatic rings. The van der Waals surface area contributed by atoms with Crippen LogP contribution in [0.1, 0.15) is 20.9 Å². The first-order valence-corrected chi connectivity index (χ1v) is 11.2. The van der Waals surface area contributed by atoms with E-state index in [9.17, 15) is 22.8 Å². The predicted octanol–water partition coefficient (Wildman–Crippen LogP) is 6.52. The van der Waals surface area contributed by atoms with Gasteiger partial charge in [0.25, 0.3) is 5.91 Å². The van der Waals surface area contributed by atoms with Gasteiger partial charge >= 0.3 is 12.1 Å². The highest BCUT2D eigenvalue weighted by Gasteiger charge is 2.31. The van der Waals surface area contributed by atoms with Crippen molar-refractivity contribution in [3.8, 4) is 5.69 Å². The molecule has 1 amide bonds. The van der Waals surface area contributed by atoms with Crippen LogP contribution in [0.4, 0.5) is 18.9 Å². The van der Waals surface area contributed by atoms with Crippen LogP contribution >= 0.6 is 34.5 Å². The number of benzene rings is 2. The molecule has 2 heterocycles. The van der Waals surface area contributed by atoms with Gasteiger partial charge in [0.05, 0.1) is 27.7 Å². The Bertz CT molecular complexity index is 1400. The Morgan fingerprint density at radius 2 is 1.82 bits per heavy atom. The normalized spacial score (nSPS) is 11.6. The molecule has 0 unspecified atom stereocenters. The Hall–Kier alpha value is -3.08. The van der Waals surface area contributed by atoms with Crippen molar-refractivity contribution in [1.82, 2.24) is 9.78 Å². The van der Waals surface area contributed by atoms with Crippen LogP contribution in [0.3, 0.4) is 0 Å². The van der Waals surface area contributed by atoms with Gasteiger partial charge in [0.1, 0.15) is 9.71 Å². The molecule has 0 spiro atoms. The van der Waals surface area contributed by atoms with Crippen molar-refractivity contribution < 1.29 is 27.5 Å². The number of hydrogen-bond acceptors (Lipinski definition) is 5. The topological polar surface area (TPSA) is 73.2 Å². The summed E-state index contributed by atoms with van der Waals surface area (Å²) in [5, 5.41) is 7.94. The number of carbonyl (C=O) groups excluding carboxylic acids is 2. The molecule has 2 aromatic heterocycles. The highest BCUT2D eigenvalue weighted by Crippen LogP contribution is 2.34. The molecule has 0 radical (unpaired) electrons. The fourth-order valence-electron chi connectivity index (χ4n) is 3.09. The first-order valence-electron chi connectivity index (χ1n) is 9.62. The molecule has 6 nitrogen and oxygen atoms in total. The third kappa shape index (κ3) is 5.03. The number of alkyl halides is 3. The summed E-state index contributed by atoms with van der Waals surface area (Å²) in [5.74, 6) is -1.59. The van der Waals surface area contributed by atoms with Crippen LogP contribution in [0.15, 0.2) is 48.5 Å². The number of esters is 1. The molecule has 12 heteroatoms. The molecule has 2 aromatic carbocycles. The van der Waals surface area contributed by atoms with Crippen LogP contribution in [0, 0.1) is 6.92 Å². The zero-order valence-corrected chi connectivity index (χ0v) is 19.6. The number of carbonyl (C=O) groups is 2. The molecule has 0 aliphatic rings. The van der Waals surface area contributed by atoms with Gasteiger partial charge in [-0.2, -0.15) is 18.3 Å². The van der Waals surface area contributed by atoms with Crippen molar-refractivity contribution in [2.45, 2.75) is 13.1 Å². The van der Waals surface area contributed by atoms with Crippen molar-refractivity contribution in [2.75, 3.05) is 11.9 Å². The number of aromatic nitrogens is 2. The van der Waals surface area contributed by atoms with Gasteiger partial charge in [0, 0.05) is 10.4 Å². The van der Waals surface area contributed by atoms with Gasteiger partial charge in [0.15, 0.2) is 6.61 Å². The lowest BCUT2D eigenvalue weighted by Crippen LogP contribution is -2.21. The maximum atomic E-state index is 12.9. The number of anilines is 1. The zero-order chi connectivity index (χ0) is 24.6. The summed E-state index contributed by atoms with van der Waals surface area (Å²) < 4.78 is 45.4. The number of thiophene rings is 1. The zero-order valence-electron chi connectivity index (χ0n) is 17.2. The molecule has 4 rings (SSSR count). The van der Waals surface area contributed by atoms with Gasteiger partial charge < -0.3 is 10.1 Å². The monoisotopic (exact) mass is 527 g/mol. The third-order valence-electron chi connectivity index (χ3n) is 4.72. The minimum atomic E-state index is -4.60. The summed E-state index contributed by atoms with van der Waals surface area (Å²) in [6.07, 6.45) is -4.60. The number of hydrogen-bond donors (Lipinski definition) is 1. The SMILES string of the molecule is Cc1nn(-c2ccc(Cl)cc2)c2sc(C(=O)OCC(=O)Nc3cc(C(F)(F)F)ccc3Cl)cc12. The van der Waals surface area contributed by atoms with E-state index in [1.807, 2.05) is 0 Å². The lowest BCUT2D eigenvalue weighted by atomic mass is 10.2. The maximum absolute atomic E-state index is 12.9. The average molecular weight is 528 g/mol. The van der Waals surface area contributed by atoms with Crippen molar-refractivity contribution in [3.05, 3.63) is 74.7 Å². The summed E-state index contributed by atoms with van der Waals surface area (Å²) in [7, 11) is 0. The van der Waals surface area contributed by atoms with Gasteiger partial charge in [-0.3, -0.25) is 4.79 Å². The number of aryl methyl sites for hydroxylation is 1. The summed E-state index contributed by atoms with van der Waals surface area (Å²) in [6.45, 7) is 1.09. The van der Waals surface area contributed by atoms with Crippen molar-refractivity contribution in [2.24, 2.45) is 0 Å². The van der Waals surface area contributed by atoms with E-state index in [0.717, 1.165) is 34.5 Å². The van der Waals surface area contributed by atoms with Crippen LogP contribution < -0.4 is 5.32 Å². The van der Waals surface area contributed by atoms with Crippen LogP contribution in [-0.4, -0.2) is 28.3 Å². The maximum Gasteiger partial charge on any atom is 0.416 e. The number of nitrogens with zero attached hydrogens (tertiary/aromatic N) is 2. The molecule has 0 aliphatic heterocycles. The highest BCUT2D eigenvalue weighted by atomic mass is 35.5. The third-order valence-corrected chi connectivity index (χ3v) is 6.39. The smallest absolute Gasteiger partial charge is 0.416 e. The lowest BCUT2D eigenvalue weighted by molar-refractivity contribution is -0.137. The van der Waals surface area contributed by atoms with Gasteiger partial charge in [-0.1, -0.05) is 23.2 Å². The van der Waals surface area contributed by atoms with Crippen molar-refractivity contribution in [1.29, 1.82) is 0 Å². The minimum Gasteiger partial charge on any atom is -0.451 e. The van der Waals surface area contributed by atoms with E-state index in [4.69, 9.17) is 27.9 Å². The summed E-state index contributed by atoms with van der Waals surface area (Å²) in [5.41, 5.74) is 0.233. The number of rotatable bonds is 5. The molecule has 0 saturated carbocycles. The Morgan fingerprint density at radius 1 is 1.12 bits per heavy atom. The molecule has 34 heavy (non-hydrogen) atoms. The Labute approximate surface area is 204 Å². The molecule has 176 valence electrons. The van der Waals surface area contributed by atoms with Crippen molar-refractivity contribution >= 4 is 62.3 Å². The number of fused-ring (bicyclic) bond motifs is 1. The molecule has 0 atom stereocenters. The number of halogens is 5. The van der Waals surface area contributed by atoms with Crippen molar-refractivity contribution in [3.63, 3.8) is 0 Å². The number of amides is 1. The lowest BCUT2D eigenvalue weighted by Gasteiger charge is -2.11. The Morgan fingerprint density at radius 3 is 2.50 bits per heavy atom. The standard InChI is InChI=1S/C22H14Cl2F3N3O3S/c1-11-15-9-18(34-20(15)30(29-11)14-5-3-13(23)4-6-14)21(32)33-10-19(31)28-17-8-12(22(25,26)27)2-7-16(17)24/h2-9H,10H2,1H3,(H,28,31). The van der Waals surface area contributed by atoms with Crippen LogP contribution in [0.5, 0.6) is 0 Å². The largest absolute Gasteiger partial charge is 0.451 e. The Balaban J connectivity index is 1.46. The summed E-state index contributed by atoms with van der Waals surface area (Å²) in [4.78, 5) is 25.6. The quantitative estimate of drug-likeness (QED) is 0.300. The molecule has 0 saturated heterocycles. The van der Waals surface area contributed by atoms with E-state index in [1.54, 1.807) is 41.9 Å². The van der Waals surface area contributed by atoms with Crippen LogP contribution in [0.25, 0.3) is 15.9 Å². The van der Waals surface area contributed by atoms with E-state index < -0.39 is 30.2 Å². The second-order valence-corrected chi connectivity index (χ2v) is 8.99. The van der Waals surface area contributed by atoms with Gasteiger partial charge in [-0.15, -0.1) is 11.3 Å². The number of nitrogens with one attached hydrogen (secondary N) is 1. The van der Waals surface area contributed by atoms with E-state index >= 15 is 0 Å². The fourth-order valence-corrected chi connectivity index (χ4v) is 4.46. The van der Waals surface area contributed by atoms with Crippen LogP contribution in [-0.2, 0) is 15.7 Å².